The summed E-state index contributed by atoms with van der Waals surface area (Å²) in [6.45, 7) is 3.69. The number of methoxy groups -OCH3 is 1. The van der Waals surface area contributed by atoms with Crippen LogP contribution in [0.1, 0.15) is 35.8 Å². The molecule has 7 heteroatoms. The Hall–Kier alpha value is -2.80. The Morgan fingerprint density at radius 2 is 1.87 bits per heavy atom. The van der Waals surface area contributed by atoms with Crippen molar-refractivity contribution in [1.29, 1.82) is 0 Å². The van der Waals surface area contributed by atoms with Crippen LogP contribution in [0, 0.1) is 0 Å². The monoisotopic (exact) mass is 412 g/mol. The van der Waals surface area contributed by atoms with E-state index < -0.39 is 0 Å². The Morgan fingerprint density at radius 1 is 1.13 bits per heavy atom. The second-order valence-corrected chi connectivity index (χ2v) is 7.76. The summed E-state index contributed by atoms with van der Waals surface area (Å²) < 4.78 is 6.87. The molecule has 1 amide bonds. The molecule has 0 radical (unpaired) electrons. The number of carbonyl (C=O) groups is 2. The number of amides is 1. The third kappa shape index (κ3) is 5.86. The largest absolute Gasteiger partial charge is 0.464 e. The smallest absolute Gasteiger partial charge is 0.354 e. The van der Waals surface area contributed by atoms with Crippen LogP contribution in [0.4, 0.5) is 5.69 Å². The molecule has 3 rings (SSSR count). The zero-order chi connectivity index (χ0) is 21.3. The molecule has 1 aliphatic rings. The third-order valence-corrected chi connectivity index (χ3v) is 5.68. The molecule has 1 fully saturated rings. The quantitative estimate of drug-likeness (QED) is 0.507. The second-order valence-electron chi connectivity index (χ2n) is 7.76. The molecule has 30 heavy (non-hydrogen) atoms. The first-order valence-corrected chi connectivity index (χ1v) is 10.6. The van der Waals surface area contributed by atoms with Gasteiger partial charge in [0, 0.05) is 51.2 Å². The van der Waals surface area contributed by atoms with Gasteiger partial charge in [-0.1, -0.05) is 18.2 Å². The normalized spacial score (nSPS) is 15.0. The van der Waals surface area contributed by atoms with Crippen LogP contribution < -0.4 is 10.2 Å². The van der Waals surface area contributed by atoms with Crippen LogP contribution >= 0.6 is 0 Å². The Bertz CT molecular complexity index is 813. The van der Waals surface area contributed by atoms with Crippen molar-refractivity contribution in [3.8, 4) is 0 Å². The van der Waals surface area contributed by atoms with Crippen LogP contribution in [0.2, 0.25) is 0 Å². The Balaban J connectivity index is 1.34. The van der Waals surface area contributed by atoms with Crippen molar-refractivity contribution in [2.45, 2.75) is 25.3 Å². The molecule has 0 spiro atoms. The molecule has 0 bridgehead atoms. The number of benzene rings is 1. The standard InChI is InChI=1S/C23H32N4O3/c1-25(19-8-4-3-5-9-19)14-7-13-24-22(28)18-26-16-11-20(12-17-26)27-15-6-10-21(27)23(29)30-2/h3-6,8-10,15,20H,7,11-14,16-18H2,1-2H3,(H,24,28). The number of hydrogen-bond acceptors (Lipinski definition) is 5. The lowest BCUT2D eigenvalue weighted by atomic mass is 10.0. The van der Waals surface area contributed by atoms with Gasteiger partial charge < -0.3 is 19.5 Å². The fourth-order valence-electron chi connectivity index (χ4n) is 3.96. The SMILES string of the molecule is COC(=O)c1cccn1C1CCN(CC(=O)NCCCN(C)c2ccccc2)CC1. The summed E-state index contributed by atoms with van der Waals surface area (Å²) in [5.41, 5.74) is 1.78. The van der Waals surface area contributed by atoms with Crippen LogP contribution in [-0.2, 0) is 9.53 Å². The summed E-state index contributed by atoms with van der Waals surface area (Å²) in [4.78, 5) is 28.6. The first-order valence-electron chi connectivity index (χ1n) is 10.6. The third-order valence-electron chi connectivity index (χ3n) is 5.68. The Labute approximate surface area is 178 Å². The van der Waals surface area contributed by atoms with E-state index in [2.05, 4.69) is 34.3 Å². The van der Waals surface area contributed by atoms with Crippen molar-refractivity contribution in [3.05, 3.63) is 54.4 Å². The Morgan fingerprint density at radius 3 is 2.57 bits per heavy atom. The lowest BCUT2D eigenvalue weighted by Gasteiger charge is -2.32. The molecule has 1 aromatic heterocycles. The molecule has 1 N–H and O–H groups in total. The molecule has 1 aromatic carbocycles. The number of piperidine rings is 1. The number of likely N-dealkylation sites (tertiary alicyclic amines) is 1. The van der Waals surface area contributed by atoms with Crippen molar-refractivity contribution >= 4 is 17.6 Å². The summed E-state index contributed by atoms with van der Waals surface area (Å²) in [6, 6.07) is 14.2. The zero-order valence-electron chi connectivity index (χ0n) is 17.9. The number of para-hydroxylation sites is 1. The van der Waals surface area contributed by atoms with Crippen LogP contribution in [0.15, 0.2) is 48.7 Å². The van der Waals surface area contributed by atoms with E-state index in [-0.39, 0.29) is 17.9 Å². The summed E-state index contributed by atoms with van der Waals surface area (Å²) >= 11 is 0. The van der Waals surface area contributed by atoms with Crippen molar-refractivity contribution < 1.29 is 14.3 Å². The fourth-order valence-corrected chi connectivity index (χ4v) is 3.96. The minimum atomic E-state index is -0.306. The van der Waals surface area contributed by atoms with Gasteiger partial charge in [-0.15, -0.1) is 0 Å². The van der Waals surface area contributed by atoms with E-state index in [1.165, 1.54) is 12.8 Å². The summed E-state index contributed by atoms with van der Waals surface area (Å²) in [5, 5.41) is 3.03. The summed E-state index contributed by atoms with van der Waals surface area (Å²) in [7, 11) is 3.47. The molecular formula is C23H32N4O3. The molecule has 1 saturated heterocycles. The predicted molar refractivity (Wildman–Crippen MR) is 118 cm³/mol. The maximum absolute atomic E-state index is 12.3. The van der Waals surface area contributed by atoms with Gasteiger partial charge in [0.25, 0.3) is 0 Å². The molecule has 1 aliphatic heterocycles. The molecule has 2 aromatic rings. The first kappa shape index (κ1) is 21.9. The minimum Gasteiger partial charge on any atom is -0.464 e. The number of nitrogens with one attached hydrogen (secondary N) is 1. The van der Waals surface area contributed by atoms with E-state index in [1.807, 2.05) is 35.0 Å². The average molecular weight is 413 g/mol. The average Bonchev–Trinajstić information content (AvgIpc) is 3.27. The highest BCUT2D eigenvalue weighted by Crippen LogP contribution is 2.24. The first-order chi connectivity index (χ1) is 14.6. The van der Waals surface area contributed by atoms with Gasteiger partial charge in [0.05, 0.1) is 13.7 Å². The van der Waals surface area contributed by atoms with Crippen LogP contribution in [-0.4, -0.2) is 68.2 Å². The number of hydrogen-bond donors (Lipinski definition) is 1. The van der Waals surface area contributed by atoms with Gasteiger partial charge in [0.15, 0.2) is 0 Å². The number of anilines is 1. The molecule has 0 atom stereocenters. The minimum absolute atomic E-state index is 0.0760. The summed E-state index contributed by atoms with van der Waals surface area (Å²) in [5.74, 6) is -0.230. The molecule has 7 nitrogen and oxygen atoms in total. The Kier molecular flexibility index (Phi) is 7.90. The van der Waals surface area contributed by atoms with Crippen molar-refractivity contribution in [2.24, 2.45) is 0 Å². The molecule has 0 unspecified atom stereocenters. The highest BCUT2D eigenvalue weighted by atomic mass is 16.5. The predicted octanol–water partition coefficient (Wildman–Crippen LogP) is 2.55. The van der Waals surface area contributed by atoms with E-state index in [9.17, 15) is 9.59 Å². The number of esters is 1. The number of rotatable bonds is 9. The highest BCUT2D eigenvalue weighted by molar-refractivity contribution is 5.87. The topological polar surface area (TPSA) is 66.8 Å². The van der Waals surface area contributed by atoms with Gasteiger partial charge in [0.2, 0.25) is 5.91 Å². The van der Waals surface area contributed by atoms with Crippen molar-refractivity contribution in [2.75, 3.05) is 51.8 Å². The number of nitrogens with zero attached hydrogens (tertiary/aromatic N) is 3. The van der Waals surface area contributed by atoms with Crippen LogP contribution in [0.5, 0.6) is 0 Å². The lowest BCUT2D eigenvalue weighted by molar-refractivity contribution is -0.122. The van der Waals surface area contributed by atoms with Crippen LogP contribution in [0.3, 0.4) is 0 Å². The van der Waals surface area contributed by atoms with Gasteiger partial charge >= 0.3 is 5.97 Å². The van der Waals surface area contributed by atoms with E-state index in [0.29, 0.717) is 18.8 Å². The van der Waals surface area contributed by atoms with E-state index in [0.717, 1.165) is 38.9 Å². The number of carbonyl (C=O) groups excluding carboxylic acids is 2. The molecule has 0 aliphatic carbocycles. The van der Waals surface area contributed by atoms with Gasteiger partial charge in [0.1, 0.15) is 5.69 Å². The summed E-state index contributed by atoms with van der Waals surface area (Å²) in [6.07, 6.45) is 4.66. The highest BCUT2D eigenvalue weighted by Gasteiger charge is 2.24. The van der Waals surface area contributed by atoms with E-state index in [4.69, 9.17) is 4.74 Å². The van der Waals surface area contributed by atoms with E-state index >= 15 is 0 Å². The van der Waals surface area contributed by atoms with Crippen LogP contribution in [0.25, 0.3) is 0 Å². The van der Waals surface area contributed by atoms with Gasteiger partial charge in [-0.25, -0.2) is 4.79 Å². The second kappa shape index (κ2) is 10.8. The lowest BCUT2D eigenvalue weighted by Crippen LogP contribution is -2.42. The van der Waals surface area contributed by atoms with Gasteiger partial charge in [-0.3, -0.25) is 9.69 Å². The van der Waals surface area contributed by atoms with E-state index in [1.54, 1.807) is 6.07 Å². The molecule has 2 heterocycles. The fraction of sp³-hybridized carbons (Fsp3) is 0.478. The molecule has 0 saturated carbocycles. The van der Waals surface area contributed by atoms with Gasteiger partial charge in [-0.05, 0) is 43.5 Å². The number of aromatic nitrogens is 1. The molecular weight excluding hydrogens is 380 g/mol. The number of ether oxygens (including phenoxy) is 1. The van der Waals surface area contributed by atoms with Crippen molar-refractivity contribution in [1.82, 2.24) is 14.8 Å². The molecule has 162 valence electrons. The maximum Gasteiger partial charge on any atom is 0.354 e. The maximum atomic E-state index is 12.3. The van der Waals surface area contributed by atoms with Crippen molar-refractivity contribution in [3.63, 3.8) is 0 Å². The zero-order valence-corrected chi connectivity index (χ0v) is 17.9. The van der Waals surface area contributed by atoms with Gasteiger partial charge in [-0.2, -0.15) is 0 Å².